The molecule has 5 rings (SSSR count). The summed E-state index contributed by atoms with van der Waals surface area (Å²) in [5.41, 5.74) is 0.0658. The third-order valence-corrected chi connectivity index (χ3v) is 13.7. The second-order valence-electron chi connectivity index (χ2n) is 20.4. The molecule has 420 valence electrons. The van der Waals surface area contributed by atoms with Crippen molar-refractivity contribution in [2.24, 2.45) is 11.3 Å². The molecule has 8 N–H and O–H groups in total. The Morgan fingerprint density at radius 3 is 2.10 bits per heavy atom. The van der Waals surface area contributed by atoms with Gasteiger partial charge < -0.3 is 60.5 Å². The standard InChI is InChI=1S/C54H72N6O17/c1-7-34(53(4,5)6)49(71)56-20-12-16-40(63)45(67)46(68)47(69)48(70)50(72)57-21-11-15-39(62)37(58-41(64)19-24-75-23-18-30(3)61)27-42(65)55-22-17-43(66)77-54(8-2)35-26-38-44-32(25-31-13-9-10-14-36(31)59-44)28-60(38)51(73)33(35)29-76-52(54)74/h9-10,13-14,25-26,34,37,45-48,67-70H,7-8,11-12,15-24,27-29H2,1-6H3,(H,55,65)(H,56,71)(H,57,72)(H,58,64)/t34?,37?,45-,46+,47+,48-,54+/m1/s1. The summed E-state index contributed by atoms with van der Waals surface area (Å²) in [7, 11) is 0. The number of carbonyl (C=O) groups is 9. The molecule has 77 heavy (non-hydrogen) atoms. The van der Waals surface area contributed by atoms with Crippen molar-refractivity contribution < 1.29 is 77.8 Å². The van der Waals surface area contributed by atoms with Crippen LogP contribution in [0, 0.1) is 11.3 Å². The maximum atomic E-state index is 13.9. The van der Waals surface area contributed by atoms with E-state index in [0.29, 0.717) is 23.3 Å². The average molecular weight is 1080 g/mol. The number of aliphatic hydroxyl groups is 4. The van der Waals surface area contributed by atoms with Crippen molar-refractivity contribution in [2.45, 2.75) is 155 Å². The smallest absolute Gasteiger partial charge is 0.355 e. The van der Waals surface area contributed by atoms with Gasteiger partial charge in [0.05, 0.1) is 61.1 Å². The van der Waals surface area contributed by atoms with Crippen LogP contribution < -0.4 is 26.8 Å². The molecule has 0 bridgehead atoms. The van der Waals surface area contributed by atoms with Gasteiger partial charge in [0.25, 0.3) is 11.5 Å². The van der Waals surface area contributed by atoms with E-state index in [1.165, 1.54) is 11.5 Å². The predicted octanol–water partition coefficient (Wildman–Crippen LogP) is 0.844. The summed E-state index contributed by atoms with van der Waals surface area (Å²) < 4.78 is 18.1. The second kappa shape index (κ2) is 27.5. The summed E-state index contributed by atoms with van der Waals surface area (Å²) in [6.45, 7) is 9.96. The molecule has 7 atom stereocenters. The highest BCUT2D eigenvalue weighted by molar-refractivity contribution is 5.94. The van der Waals surface area contributed by atoms with Gasteiger partial charge in [0.15, 0.2) is 17.7 Å². The second-order valence-corrected chi connectivity index (χ2v) is 20.4. The van der Waals surface area contributed by atoms with Gasteiger partial charge in [0.1, 0.15) is 30.7 Å². The van der Waals surface area contributed by atoms with E-state index in [2.05, 4.69) is 21.3 Å². The number of ketones is 3. The van der Waals surface area contributed by atoms with Crippen LogP contribution in [0.3, 0.4) is 0 Å². The molecular formula is C54H72N6O17. The molecule has 2 aliphatic heterocycles. The number of rotatable bonds is 30. The Balaban J connectivity index is 1.13. The lowest BCUT2D eigenvalue weighted by Gasteiger charge is -2.35. The number of cyclic esters (lactones) is 1. The Morgan fingerprint density at radius 2 is 1.44 bits per heavy atom. The third-order valence-electron chi connectivity index (χ3n) is 13.7. The summed E-state index contributed by atoms with van der Waals surface area (Å²) in [6, 6.07) is 9.61. The van der Waals surface area contributed by atoms with Gasteiger partial charge in [0.2, 0.25) is 23.3 Å². The number of hydrogen-bond donors (Lipinski definition) is 8. The minimum absolute atomic E-state index is 0.0576. The first-order chi connectivity index (χ1) is 36.4. The first-order valence-electron chi connectivity index (χ1n) is 26.0. The van der Waals surface area contributed by atoms with E-state index in [0.717, 1.165) is 10.9 Å². The fraction of sp³-hybridized carbons (Fsp3) is 0.574. The van der Waals surface area contributed by atoms with Crippen LogP contribution >= 0.6 is 0 Å². The first kappa shape index (κ1) is 61.1. The molecule has 1 aromatic carbocycles. The number of aliphatic hydroxyl groups excluding tert-OH is 4. The van der Waals surface area contributed by atoms with Gasteiger partial charge in [-0.1, -0.05) is 52.8 Å². The number of benzene rings is 1. The maximum Gasteiger partial charge on any atom is 0.355 e. The quantitative estimate of drug-likeness (QED) is 0.0265. The van der Waals surface area contributed by atoms with E-state index in [-0.39, 0.29) is 125 Å². The first-order valence-corrected chi connectivity index (χ1v) is 26.0. The lowest BCUT2D eigenvalue weighted by atomic mass is 9.78. The van der Waals surface area contributed by atoms with Crippen molar-refractivity contribution in [1.82, 2.24) is 30.8 Å². The SMILES string of the molecule is CCC(C(=O)NCCCC(=O)[C@@H](O)[C@H](O)[C@H](O)[C@@H](O)C(=O)NCCCC(=O)C(CC(=O)NCCC(=O)O[C@]1(CC)C(=O)OCc2c1cc1n(c2=O)Cc2cc3ccccc3nc2-1)NC(=O)CCOCCC(C)=O)C(C)(C)C. The molecule has 2 aliphatic rings. The van der Waals surface area contributed by atoms with Crippen molar-refractivity contribution >= 4 is 63.8 Å². The highest BCUT2D eigenvalue weighted by Crippen LogP contribution is 2.41. The molecule has 0 spiro atoms. The number of amides is 4. The van der Waals surface area contributed by atoms with Gasteiger partial charge in [0, 0.05) is 67.7 Å². The summed E-state index contributed by atoms with van der Waals surface area (Å²) in [5, 5.41) is 52.6. The number of fused-ring (bicyclic) bond motifs is 5. The van der Waals surface area contributed by atoms with Crippen LogP contribution in [0.15, 0.2) is 41.2 Å². The Morgan fingerprint density at radius 1 is 0.792 bits per heavy atom. The number of para-hydroxylation sites is 1. The highest BCUT2D eigenvalue weighted by atomic mass is 16.6. The molecular weight excluding hydrogens is 1000 g/mol. The molecule has 0 saturated heterocycles. The number of pyridine rings is 2. The minimum atomic E-state index is -2.32. The van der Waals surface area contributed by atoms with E-state index >= 15 is 0 Å². The number of aromatic nitrogens is 2. The van der Waals surface area contributed by atoms with Crippen LogP contribution in [0.1, 0.15) is 122 Å². The largest absolute Gasteiger partial charge is 0.457 e. The number of hydrogen-bond acceptors (Lipinski definition) is 18. The predicted molar refractivity (Wildman–Crippen MR) is 275 cm³/mol. The van der Waals surface area contributed by atoms with Crippen LogP contribution in [0.2, 0.25) is 0 Å². The van der Waals surface area contributed by atoms with E-state index in [4.69, 9.17) is 19.2 Å². The van der Waals surface area contributed by atoms with E-state index in [1.807, 2.05) is 58.0 Å². The van der Waals surface area contributed by atoms with Gasteiger partial charge in [-0.15, -0.1) is 0 Å². The number of carbonyl (C=O) groups excluding carboxylic acids is 9. The van der Waals surface area contributed by atoms with Crippen LogP contribution in [-0.4, -0.2) is 146 Å². The van der Waals surface area contributed by atoms with Crippen molar-refractivity contribution in [1.29, 1.82) is 0 Å². The van der Waals surface area contributed by atoms with Crippen LogP contribution in [0.4, 0.5) is 0 Å². The molecule has 23 nitrogen and oxygen atoms in total. The zero-order chi connectivity index (χ0) is 56.8. The number of Topliss-reactive ketones (excluding diaryl/α,β-unsaturated/α-hetero) is 3. The Hall–Kier alpha value is -6.79. The minimum Gasteiger partial charge on any atom is -0.457 e. The number of esters is 2. The van der Waals surface area contributed by atoms with Gasteiger partial charge >= 0.3 is 11.9 Å². The number of nitrogens with one attached hydrogen (secondary N) is 4. The topological polar surface area (TPSA) is 345 Å². The lowest BCUT2D eigenvalue weighted by molar-refractivity contribution is -0.189. The zero-order valence-corrected chi connectivity index (χ0v) is 44.4. The highest BCUT2D eigenvalue weighted by Gasteiger charge is 2.50. The molecule has 2 aromatic heterocycles. The van der Waals surface area contributed by atoms with E-state index < -0.39 is 95.7 Å². The van der Waals surface area contributed by atoms with Crippen molar-refractivity contribution in [3.8, 4) is 11.4 Å². The Bertz CT molecular complexity index is 2750. The average Bonchev–Trinajstić information content (AvgIpc) is 3.77. The molecule has 2 unspecified atom stereocenters. The zero-order valence-electron chi connectivity index (χ0n) is 44.4. The molecule has 0 aliphatic carbocycles. The van der Waals surface area contributed by atoms with Crippen LogP contribution in [0.25, 0.3) is 22.3 Å². The monoisotopic (exact) mass is 1080 g/mol. The number of nitrogens with zero attached hydrogens (tertiary/aromatic N) is 2. The molecule has 0 fully saturated rings. The fourth-order valence-electron chi connectivity index (χ4n) is 9.29. The van der Waals surface area contributed by atoms with E-state index in [1.54, 1.807) is 13.0 Å². The molecule has 23 heteroatoms. The summed E-state index contributed by atoms with van der Waals surface area (Å²) >= 11 is 0. The van der Waals surface area contributed by atoms with Gasteiger partial charge in [-0.05, 0) is 56.2 Å². The lowest BCUT2D eigenvalue weighted by Crippen LogP contribution is -2.52. The molecule has 0 radical (unpaired) electrons. The van der Waals surface area contributed by atoms with Crippen LogP contribution in [0.5, 0.6) is 0 Å². The molecule has 4 amide bonds. The van der Waals surface area contributed by atoms with Gasteiger partial charge in [-0.25, -0.2) is 9.78 Å². The molecule has 4 heterocycles. The number of ether oxygens (including phenoxy) is 3. The van der Waals surface area contributed by atoms with Gasteiger partial charge in [-0.2, -0.15) is 0 Å². The van der Waals surface area contributed by atoms with E-state index in [9.17, 15) is 68.4 Å². The van der Waals surface area contributed by atoms with Crippen molar-refractivity contribution in [3.05, 3.63) is 63.4 Å². The van der Waals surface area contributed by atoms with Crippen molar-refractivity contribution in [2.75, 3.05) is 32.8 Å². The summed E-state index contributed by atoms with van der Waals surface area (Å²) in [6.07, 6.45) is -10.4. The third kappa shape index (κ3) is 15.7. The fourth-order valence-corrected chi connectivity index (χ4v) is 9.29. The summed E-state index contributed by atoms with van der Waals surface area (Å²) in [4.78, 5) is 135. The molecule has 0 saturated carbocycles. The maximum absolute atomic E-state index is 13.9. The van der Waals surface area contributed by atoms with Gasteiger partial charge in [-0.3, -0.25) is 43.2 Å². The van der Waals surface area contributed by atoms with Crippen molar-refractivity contribution in [3.63, 3.8) is 0 Å². The van der Waals surface area contributed by atoms with Crippen LogP contribution in [-0.2, 0) is 76.1 Å². The Kier molecular flexibility index (Phi) is 21.8. The molecule has 3 aromatic rings. The normalized spacial score (nSPS) is 17.0. The Labute approximate surface area is 445 Å². The summed E-state index contributed by atoms with van der Waals surface area (Å²) in [5.74, 6) is -6.64.